The zero-order chi connectivity index (χ0) is 58.2. The highest BCUT2D eigenvalue weighted by Crippen LogP contribution is 2.53. The van der Waals surface area contributed by atoms with Gasteiger partial charge in [-0.1, -0.05) is 61.5 Å². The van der Waals surface area contributed by atoms with Gasteiger partial charge < -0.3 is 70.0 Å². The van der Waals surface area contributed by atoms with Crippen LogP contribution in [0.15, 0.2) is 70.9 Å². The highest BCUT2D eigenvalue weighted by atomic mass is 16.7. The second kappa shape index (κ2) is 23.8. The highest BCUT2D eigenvalue weighted by Gasteiger charge is 2.50. The Kier molecular flexibility index (Phi) is 17.1. The first-order valence-electron chi connectivity index (χ1n) is 27.3. The number of piperazine rings is 1. The molecule has 9 N–H and O–H groups in total. The van der Waals surface area contributed by atoms with Crippen LogP contribution >= 0.6 is 0 Å². The Morgan fingerprint density at radius 2 is 1.63 bits per heavy atom. The molecule has 2 aliphatic carbocycles. The third-order valence-electron chi connectivity index (χ3n) is 15.9. The number of rotatable bonds is 18. The number of aromatic hydroxyl groups is 4. The van der Waals surface area contributed by atoms with Gasteiger partial charge in [-0.3, -0.25) is 28.9 Å². The molecule has 2 saturated heterocycles. The first kappa shape index (κ1) is 58.0. The summed E-state index contributed by atoms with van der Waals surface area (Å²) >= 11 is 0. The number of aromatic nitrogens is 1. The van der Waals surface area contributed by atoms with Crippen molar-refractivity contribution in [1.29, 1.82) is 0 Å². The Bertz CT molecular complexity index is 3290. The number of hydrogen-bond donors (Lipinski definition) is 9. The lowest BCUT2D eigenvalue weighted by atomic mass is 9.72. The van der Waals surface area contributed by atoms with Crippen molar-refractivity contribution in [2.75, 3.05) is 46.4 Å². The number of ether oxygens (including phenoxy) is 3. The van der Waals surface area contributed by atoms with Crippen molar-refractivity contribution in [3.8, 4) is 51.2 Å². The molecular formula is C60H69N5O16. The van der Waals surface area contributed by atoms with E-state index in [0.29, 0.717) is 74.4 Å². The molecule has 21 nitrogen and oxygen atoms in total. The number of fused-ring (bicyclic) bond motifs is 3. The van der Waals surface area contributed by atoms with Crippen LogP contribution in [-0.2, 0) is 32.0 Å². The van der Waals surface area contributed by atoms with Gasteiger partial charge in [-0.15, -0.1) is 0 Å². The smallest absolute Gasteiger partial charge is 0.274 e. The maximum Gasteiger partial charge on any atom is 0.274 e. The maximum atomic E-state index is 14.1. The SMILES string of the molecule is CC=C(CCCC(=O)N1CCN(Cc2ccc(-c3c(C(=O)NCC)noc3-c3cc(C(C)C)c(O)cc3O)cc2)CC1)N[C@@H]1C[C@@H](O[C@@H]2C[C@@](O)(C(=O)CO)Cc3c(O)c4c(c(O)c32)C(=O)c2c(OC)cccc2C4=O)O[C@H](C)[C@@H]1O. The molecule has 0 saturated carbocycles. The maximum absolute atomic E-state index is 14.1. The van der Waals surface area contributed by atoms with Crippen molar-refractivity contribution < 1.29 is 78.5 Å². The number of phenolic OH excluding ortho intramolecular Hbond substituents is 4. The van der Waals surface area contributed by atoms with Crippen LogP contribution in [0.4, 0.5) is 0 Å². The number of amides is 2. The molecule has 0 unspecified atom stereocenters. The second-order valence-electron chi connectivity index (χ2n) is 21.4. The minimum absolute atomic E-state index is 0.00124. The molecule has 1 aromatic heterocycles. The van der Waals surface area contributed by atoms with Crippen molar-refractivity contribution in [1.82, 2.24) is 25.6 Å². The number of aliphatic hydroxyl groups excluding tert-OH is 2. The van der Waals surface area contributed by atoms with Gasteiger partial charge in [0.25, 0.3) is 5.91 Å². The number of ketones is 3. The number of phenols is 4. The molecule has 21 heteroatoms. The number of nitrogens with zero attached hydrogens (tertiary/aromatic N) is 3. The van der Waals surface area contributed by atoms with Crippen molar-refractivity contribution in [2.45, 2.75) is 122 Å². The first-order valence-corrected chi connectivity index (χ1v) is 27.3. The van der Waals surface area contributed by atoms with Crippen molar-refractivity contribution in [3.05, 3.63) is 117 Å². The van der Waals surface area contributed by atoms with Crippen molar-refractivity contribution >= 4 is 29.2 Å². The highest BCUT2D eigenvalue weighted by molar-refractivity contribution is 6.31. The van der Waals surface area contributed by atoms with Gasteiger partial charge in [0, 0.05) is 93.4 Å². The minimum atomic E-state index is -2.33. The van der Waals surface area contributed by atoms with E-state index in [1.807, 2.05) is 56.0 Å². The molecule has 4 aromatic carbocycles. The van der Waals surface area contributed by atoms with Gasteiger partial charge in [0.15, 0.2) is 29.3 Å². The Balaban J connectivity index is 0.811. The van der Waals surface area contributed by atoms with Crippen LogP contribution in [0.5, 0.6) is 28.7 Å². The molecule has 3 heterocycles. The standard InChI is InChI=1S/C60H69N5O16/c1-7-34(11-9-14-45(70)65-21-19-64(20-22-65)28-32-15-17-33(18-16-32)47-52(59(76)61-8-2)63-81-58(47)37-23-36(30(3)4)40(67)25-41(37)68)62-39-24-46(79-31(5)53(39)71)80-43-27-60(77,44(69)29-66)26-38-49(43)57(75)51-50(55(38)73)54(72)35-12-10-13-42(78-6)48(35)56(51)74/h7,10,12-13,15-18,23,25,30-31,39,43,46,53,62,66-68,71,73,75,77H,8-9,11,14,19-22,24,26-29H2,1-6H3,(H,61,76)/t31-,39-,43-,46-,53+,60-/m1/s1. The van der Waals surface area contributed by atoms with E-state index < -0.39 is 102 Å². The van der Waals surface area contributed by atoms with E-state index in [1.165, 1.54) is 31.4 Å². The van der Waals surface area contributed by atoms with Gasteiger partial charge in [0.1, 0.15) is 47.1 Å². The summed E-state index contributed by atoms with van der Waals surface area (Å²) in [6.45, 7) is 11.3. The fourth-order valence-electron chi connectivity index (χ4n) is 11.6. The molecular weight excluding hydrogens is 1050 g/mol. The lowest BCUT2D eigenvalue weighted by Crippen LogP contribution is -2.54. The topological polar surface area (TPSA) is 311 Å². The molecule has 4 aliphatic rings. The van der Waals surface area contributed by atoms with Crippen LogP contribution in [0.3, 0.4) is 0 Å². The number of carbonyl (C=O) groups is 5. The summed E-state index contributed by atoms with van der Waals surface area (Å²) in [5.74, 6) is -4.55. The normalized spacial score (nSPS) is 22.0. The molecule has 9 rings (SSSR count). The number of allylic oxidation sites excluding steroid dienone is 2. The fraction of sp³-hybridized carbons (Fsp3) is 0.433. The van der Waals surface area contributed by atoms with Crippen LogP contribution in [0.2, 0.25) is 0 Å². The average molecular weight is 1120 g/mol. The first-order chi connectivity index (χ1) is 38.7. The molecule has 2 fully saturated rings. The molecule has 2 aliphatic heterocycles. The molecule has 0 bridgehead atoms. The number of nitrogens with one attached hydrogen (secondary N) is 2. The van der Waals surface area contributed by atoms with Gasteiger partial charge >= 0.3 is 0 Å². The van der Waals surface area contributed by atoms with Crippen LogP contribution in [-0.4, -0.2) is 156 Å². The van der Waals surface area contributed by atoms with Gasteiger partial charge in [-0.05, 0) is 68.4 Å². The zero-order valence-corrected chi connectivity index (χ0v) is 46.1. The van der Waals surface area contributed by atoms with Crippen molar-refractivity contribution in [3.63, 3.8) is 0 Å². The predicted octanol–water partition coefficient (Wildman–Crippen LogP) is 5.66. The lowest BCUT2D eigenvalue weighted by molar-refractivity contribution is -0.249. The third-order valence-corrected chi connectivity index (χ3v) is 15.9. The lowest BCUT2D eigenvalue weighted by Gasteiger charge is -2.43. The van der Waals surface area contributed by atoms with Crippen molar-refractivity contribution in [2.24, 2.45) is 0 Å². The van der Waals surface area contributed by atoms with Gasteiger partial charge in [-0.2, -0.15) is 0 Å². The molecule has 2 amide bonds. The molecule has 0 radical (unpaired) electrons. The molecule has 0 spiro atoms. The number of Topliss-reactive ketones (excluding diaryl/α,β-unsaturated/α-hetero) is 1. The van der Waals surface area contributed by atoms with E-state index in [-0.39, 0.29) is 75.6 Å². The van der Waals surface area contributed by atoms with Crippen LogP contribution in [0.1, 0.15) is 143 Å². The average Bonchev–Trinajstić information content (AvgIpc) is 3.95. The summed E-state index contributed by atoms with van der Waals surface area (Å²) in [5.41, 5.74) is -0.174. The van der Waals surface area contributed by atoms with Gasteiger partial charge in [0.2, 0.25) is 11.7 Å². The van der Waals surface area contributed by atoms with Gasteiger partial charge in [0.05, 0.1) is 53.2 Å². The number of aliphatic hydroxyl groups is 3. The predicted molar refractivity (Wildman–Crippen MR) is 293 cm³/mol. The Morgan fingerprint density at radius 1 is 0.914 bits per heavy atom. The summed E-state index contributed by atoms with van der Waals surface area (Å²) < 4.78 is 23.6. The summed E-state index contributed by atoms with van der Waals surface area (Å²) in [7, 11) is 1.32. The van der Waals surface area contributed by atoms with E-state index in [9.17, 15) is 59.7 Å². The Hall–Kier alpha value is -7.66. The Morgan fingerprint density at radius 3 is 2.30 bits per heavy atom. The van der Waals surface area contributed by atoms with E-state index in [1.54, 1.807) is 19.9 Å². The second-order valence-corrected chi connectivity index (χ2v) is 21.4. The summed E-state index contributed by atoms with van der Waals surface area (Å²) in [6, 6.07) is 14.2. The molecule has 430 valence electrons. The minimum Gasteiger partial charge on any atom is -0.508 e. The summed E-state index contributed by atoms with van der Waals surface area (Å²) in [4.78, 5) is 72.0. The number of benzene rings is 4. The van der Waals surface area contributed by atoms with Crippen LogP contribution in [0.25, 0.3) is 22.5 Å². The zero-order valence-electron chi connectivity index (χ0n) is 46.1. The number of methoxy groups -OCH3 is 1. The van der Waals surface area contributed by atoms with E-state index in [0.717, 1.165) is 11.3 Å². The monoisotopic (exact) mass is 1120 g/mol. The fourth-order valence-corrected chi connectivity index (χ4v) is 11.6. The largest absolute Gasteiger partial charge is 0.508 e. The molecule has 81 heavy (non-hydrogen) atoms. The van der Waals surface area contributed by atoms with Gasteiger partial charge in [-0.25, -0.2) is 0 Å². The Labute approximate surface area is 467 Å². The van der Waals surface area contributed by atoms with Crippen LogP contribution in [0, 0.1) is 0 Å². The third kappa shape index (κ3) is 11.3. The quantitative estimate of drug-likeness (QED) is 0.0469. The van der Waals surface area contributed by atoms with E-state index in [2.05, 4.69) is 20.7 Å². The number of hydrogen-bond acceptors (Lipinski definition) is 19. The van der Waals surface area contributed by atoms with Crippen LogP contribution < -0.4 is 15.4 Å². The molecule has 5 aromatic rings. The number of carbonyl (C=O) groups excluding carboxylic acids is 5. The van der Waals surface area contributed by atoms with E-state index in [4.69, 9.17) is 18.7 Å². The molecule has 6 atom stereocenters. The summed E-state index contributed by atoms with van der Waals surface area (Å²) in [5, 5.41) is 88.5. The summed E-state index contributed by atoms with van der Waals surface area (Å²) in [6.07, 6.45) is -2.56. The van der Waals surface area contributed by atoms with E-state index >= 15 is 0 Å².